The van der Waals surface area contributed by atoms with E-state index in [2.05, 4.69) is 10.3 Å². The molecule has 0 radical (unpaired) electrons. The first-order valence-corrected chi connectivity index (χ1v) is 5.98. The van der Waals surface area contributed by atoms with E-state index in [9.17, 15) is 13.2 Å². The van der Waals surface area contributed by atoms with E-state index >= 15 is 0 Å². The molecule has 0 aliphatic heterocycles. The monoisotopic (exact) mass is 286 g/mol. The molecule has 100 valence electrons. The molecule has 0 amide bonds. The third kappa shape index (κ3) is 3.38. The molecule has 2 rings (SSSR count). The van der Waals surface area contributed by atoms with Crippen molar-refractivity contribution in [3.05, 3.63) is 53.9 Å². The molecule has 1 heterocycles. The van der Waals surface area contributed by atoms with Gasteiger partial charge in [-0.15, -0.1) is 11.6 Å². The van der Waals surface area contributed by atoms with Crippen molar-refractivity contribution in [2.75, 3.05) is 5.32 Å². The summed E-state index contributed by atoms with van der Waals surface area (Å²) in [4.78, 5) is 3.30. The van der Waals surface area contributed by atoms with Crippen molar-refractivity contribution in [3.63, 3.8) is 0 Å². The Labute approximate surface area is 113 Å². The number of pyridine rings is 1. The van der Waals surface area contributed by atoms with Crippen LogP contribution in [-0.2, 0) is 12.1 Å². The molecule has 1 aromatic heterocycles. The van der Waals surface area contributed by atoms with Crippen LogP contribution in [-0.4, -0.2) is 4.98 Å². The van der Waals surface area contributed by atoms with Crippen LogP contribution in [0.4, 0.5) is 24.5 Å². The molecule has 6 heteroatoms. The van der Waals surface area contributed by atoms with Crippen LogP contribution in [0, 0.1) is 0 Å². The predicted octanol–water partition coefficient (Wildman–Crippen LogP) is 4.58. The van der Waals surface area contributed by atoms with E-state index in [-0.39, 0.29) is 5.88 Å². The summed E-state index contributed by atoms with van der Waals surface area (Å²) in [7, 11) is 0. The van der Waals surface area contributed by atoms with Crippen molar-refractivity contribution in [1.29, 1.82) is 0 Å². The van der Waals surface area contributed by atoms with Gasteiger partial charge in [0.1, 0.15) is 5.69 Å². The van der Waals surface area contributed by atoms with Crippen molar-refractivity contribution in [3.8, 4) is 0 Å². The highest BCUT2D eigenvalue weighted by molar-refractivity contribution is 6.17. The van der Waals surface area contributed by atoms with E-state index in [4.69, 9.17) is 11.6 Å². The smallest absolute Gasteiger partial charge is 0.355 e. The molecular weight excluding hydrogens is 277 g/mol. The van der Waals surface area contributed by atoms with Gasteiger partial charge in [0.25, 0.3) is 0 Å². The number of halogens is 4. The minimum absolute atomic E-state index is 0.278. The Morgan fingerprint density at radius 3 is 2.58 bits per heavy atom. The minimum atomic E-state index is -4.45. The fourth-order valence-electron chi connectivity index (χ4n) is 1.58. The zero-order valence-electron chi connectivity index (χ0n) is 9.71. The fraction of sp³-hybridized carbons (Fsp3) is 0.154. The van der Waals surface area contributed by atoms with Crippen LogP contribution < -0.4 is 5.32 Å². The largest absolute Gasteiger partial charge is 0.433 e. The summed E-state index contributed by atoms with van der Waals surface area (Å²) in [6.07, 6.45) is -3.34. The maximum Gasteiger partial charge on any atom is 0.433 e. The number of para-hydroxylation sites is 1. The number of nitrogens with one attached hydrogen (secondary N) is 1. The predicted molar refractivity (Wildman–Crippen MR) is 68.5 cm³/mol. The number of aromatic nitrogens is 1. The molecule has 2 nitrogen and oxygen atoms in total. The van der Waals surface area contributed by atoms with Crippen LogP contribution in [0.25, 0.3) is 0 Å². The second kappa shape index (κ2) is 5.48. The molecule has 2 aromatic rings. The molecule has 0 atom stereocenters. The number of rotatable bonds is 3. The van der Waals surface area contributed by atoms with E-state index in [0.29, 0.717) is 11.4 Å². The quantitative estimate of drug-likeness (QED) is 0.835. The lowest BCUT2D eigenvalue weighted by Gasteiger charge is -2.12. The summed E-state index contributed by atoms with van der Waals surface area (Å²) >= 11 is 5.77. The van der Waals surface area contributed by atoms with Gasteiger partial charge < -0.3 is 5.32 Å². The zero-order chi connectivity index (χ0) is 13.9. The zero-order valence-corrected chi connectivity index (χ0v) is 10.5. The van der Waals surface area contributed by atoms with Crippen LogP contribution >= 0.6 is 11.6 Å². The molecular formula is C13H10ClF3N2. The lowest BCUT2D eigenvalue weighted by Crippen LogP contribution is -2.08. The van der Waals surface area contributed by atoms with Gasteiger partial charge in [-0.05, 0) is 23.8 Å². The highest BCUT2D eigenvalue weighted by Gasteiger charge is 2.32. The van der Waals surface area contributed by atoms with Gasteiger partial charge in [0, 0.05) is 23.5 Å². The van der Waals surface area contributed by atoms with Crippen LogP contribution in [0.1, 0.15) is 11.3 Å². The Morgan fingerprint density at radius 1 is 1.16 bits per heavy atom. The van der Waals surface area contributed by atoms with Gasteiger partial charge in [0.05, 0.1) is 0 Å². The number of benzene rings is 1. The van der Waals surface area contributed by atoms with Gasteiger partial charge in [0.2, 0.25) is 0 Å². The Morgan fingerprint density at radius 2 is 1.89 bits per heavy atom. The Hall–Kier alpha value is -1.75. The average Bonchev–Trinajstić information content (AvgIpc) is 2.39. The first-order chi connectivity index (χ1) is 9.00. The van der Waals surface area contributed by atoms with Crippen molar-refractivity contribution >= 4 is 23.0 Å². The third-order valence-electron chi connectivity index (χ3n) is 2.49. The van der Waals surface area contributed by atoms with Crippen LogP contribution in [0.15, 0.2) is 42.6 Å². The molecule has 1 N–H and O–H groups in total. The van der Waals surface area contributed by atoms with E-state index in [1.165, 1.54) is 6.07 Å². The molecule has 0 aliphatic carbocycles. The van der Waals surface area contributed by atoms with Crippen LogP contribution in [0.2, 0.25) is 0 Å². The molecule has 0 aliphatic rings. The summed E-state index contributed by atoms with van der Waals surface area (Å²) in [6, 6.07) is 9.60. The molecule has 0 unspecified atom stereocenters. The molecule has 1 aromatic carbocycles. The lowest BCUT2D eigenvalue weighted by molar-refractivity contribution is -0.141. The highest BCUT2D eigenvalue weighted by Crippen LogP contribution is 2.30. The second-order valence-corrected chi connectivity index (χ2v) is 4.11. The maximum atomic E-state index is 12.5. The highest BCUT2D eigenvalue weighted by atomic mass is 35.5. The normalized spacial score (nSPS) is 11.4. The number of hydrogen-bond donors (Lipinski definition) is 1. The molecule has 0 saturated heterocycles. The van der Waals surface area contributed by atoms with Gasteiger partial charge in [-0.2, -0.15) is 13.2 Å². The lowest BCUT2D eigenvalue weighted by atomic mass is 10.2. The molecule has 0 saturated carbocycles. The SMILES string of the molecule is FC(F)(F)c1cc(Nc2ccccc2CCl)ccn1. The standard InChI is InChI=1S/C13H10ClF3N2/c14-8-9-3-1-2-4-11(9)19-10-5-6-18-12(7-10)13(15,16)17/h1-7H,8H2,(H,18,19). The molecule has 0 spiro atoms. The summed E-state index contributed by atoms with van der Waals surface area (Å²) < 4.78 is 37.6. The molecule has 19 heavy (non-hydrogen) atoms. The fourth-order valence-corrected chi connectivity index (χ4v) is 1.81. The topological polar surface area (TPSA) is 24.9 Å². The molecule has 0 bridgehead atoms. The molecule has 0 fully saturated rings. The Kier molecular flexibility index (Phi) is 3.95. The average molecular weight is 287 g/mol. The van der Waals surface area contributed by atoms with E-state index in [0.717, 1.165) is 17.8 Å². The van der Waals surface area contributed by atoms with Crippen molar-refractivity contribution in [1.82, 2.24) is 4.98 Å². The van der Waals surface area contributed by atoms with E-state index in [1.54, 1.807) is 18.2 Å². The summed E-state index contributed by atoms with van der Waals surface area (Å²) in [5.41, 5.74) is 0.882. The van der Waals surface area contributed by atoms with E-state index < -0.39 is 11.9 Å². The van der Waals surface area contributed by atoms with E-state index in [1.807, 2.05) is 6.07 Å². The summed E-state index contributed by atoms with van der Waals surface area (Å²) in [5, 5.41) is 2.91. The van der Waals surface area contributed by atoms with Crippen molar-refractivity contribution < 1.29 is 13.2 Å². The number of alkyl halides is 4. The van der Waals surface area contributed by atoms with Gasteiger partial charge in [0.15, 0.2) is 0 Å². The van der Waals surface area contributed by atoms with Gasteiger partial charge in [-0.25, -0.2) is 0 Å². The number of anilines is 2. The number of nitrogens with zero attached hydrogens (tertiary/aromatic N) is 1. The minimum Gasteiger partial charge on any atom is -0.355 e. The van der Waals surface area contributed by atoms with Crippen molar-refractivity contribution in [2.45, 2.75) is 12.1 Å². The first-order valence-electron chi connectivity index (χ1n) is 5.45. The maximum absolute atomic E-state index is 12.5. The van der Waals surface area contributed by atoms with Gasteiger partial charge >= 0.3 is 6.18 Å². The van der Waals surface area contributed by atoms with Gasteiger partial charge in [-0.3, -0.25) is 4.98 Å². The Balaban J connectivity index is 2.29. The number of hydrogen-bond acceptors (Lipinski definition) is 2. The summed E-state index contributed by atoms with van der Waals surface area (Å²) in [6.45, 7) is 0. The first kappa shape index (κ1) is 13.7. The second-order valence-electron chi connectivity index (χ2n) is 3.84. The van der Waals surface area contributed by atoms with Gasteiger partial charge in [-0.1, -0.05) is 18.2 Å². The Bertz CT molecular complexity index is 570. The van der Waals surface area contributed by atoms with Crippen molar-refractivity contribution in [2.24, 2.45) is 0 Å². The third-order valence-corrected chi connectivity index (χ3v) is 2.78. The van der Waals surface area contributed by atoms with Crippen LogP contribution in [0.5, 0.6) is 0 Å². The van der Waals surface area contributed by atoms with Crippen LogP contribution in [0.3, 0.4) is 0 Å². The summed E-state index contributed by atoms with van der Waals surface area (Å²) in [5.74, 6) is 0.278.